The maximum Gasteiger partial charge on any atom is 0.421 e. The van der Waals surface area contributed by atoms with Gasteiger partial charge in [-0.05, 0) is 44.2 Å². The highest BCUT2D eigenvalue weighted by atomic mass is 16.4. The number of carbonyl (C=O) groups is 1. The van der Waals surface area contributed by atoms with Gasteiger partial charge >= 0.3 is 6.09 Å². The van der Waals surface area contributed by atoms with E-state index in [0.717, 1.165) is 37.4 Å². The Kier molecular flexibility index (Phi) is 5.02. The number of rotatable bonds is 3. The molecule has 0 saturated carbocycles. The topological polar surface area (TPSA) is 78.6 Å². The van der Waals surface area contributed by atoms with E-state index in [4.69, 9.17) is 10.9 Å². The Labute approximate surface area is 97.0 Å². The summed E-state index contributed by atoms with van der Waals surface area (Å²) < 4.78 is 0. The third-order valence-corrected chi connectivity index (χ3v) is 3.33. The Balaban J connectivity index is 2.70. The number of hydrazine groups is 1. The molecule has 1 fully saturated rings. The summed E-state index contributed by atoms with van der Waals surface area (Å²) in [6.45, 7) is 6.05. The molecule has 0 aromatic rings. The molecule has 1 saturated heterocycles. The van der Waals surface area contributed by atoms with Gasteiger partial charge in [-0.2, -0.15) is 0 Å². The van der Waals surface area contributed by atoms with E-state index in [9.17, 15) is 4.79 Å². The normalized spacial score (nSPS) is 23.9. The van der Waals surface area contributed by atoms with Crippen LogP contribution >= 0.6 is 0 Å². The molecule has 1 aliphatic rings. The van der Waals surface area contributed by atoms with Gasteiger partial charge in [-0.15, -0.1) is 0 Å². The molecule has 0 radical (unpaired) electrons. The summed E-state index contributed by atoms with van der Waals surface area (Å²) in [7, 11) is 0. The fourth-order valence-corrected chi connectivity index (χ4v) is 2.61. The molecule has 0 aliphatic carbocycles. The second-order valence-electron chi connectivity index (χ2n) is 4.87. The van der Waals surface area contributed by atoms with Crippen molar-refractivity contribution in [2.24, 2.45) is 17.7 Å². The summed E-state index contributed by atoms with van der Waals surface area (Å²) in [6.07, 6.45) is 2.12. The molecular weight excluding hydrogens is 206 g/mol. The molecule has 1 aliphatic heterocycles. The van der Waals surface area contributed by atoms with Crippen molar-refractivity contribution in [1.29, 1.82) is 0 Å². The first-order chi connectivity index (χ1) is 7.54. The second kappa shape index (κ2) is 6.06. The van der Waals surface area contributed by atoms with Crippen molar-refractivity contribution in [3.63, 3.8) is 0 Å². The van der Waals surface area contributed by atoms with Gasteiger partial charge in [0.1, 0.15) is 0 Å². The number of nitrogens with zero attached hydrogens (tertiary/aromatic N) is 1. The fraction of sp³-hybridized carbons (Fsp3) is 0.909. The van der Waals surface area contributed by atoms with Crippen molar-refractivity contribution >= 4 is 6.09 Å². The van der Waals surface area contributed by atoms with Gasteiger partial charge in [0, 0.05) is 0 Å². The molecule has 2 unspecified atom stereocenters. The fourth-order valence-electron chi connectivity index (χ4n) is 2.61. The third-order valence-electron chi connectivity index (χ3n) is 3.33. The van der Waals surface area contributed by atoms with Gasteiger partial charge in [0.15, 0.2) is 0 Å². The van der Waals surface area contributed by atoms with Gasteiger partial charge in [0.2, 0.25) is 0 Å². The average Bonchev–Trinajstić information content (AvgIpc) is 2.46. The zero-order valence-corrected chi connectivity index (χ0v) is 10.1. The Morgan fingerprint density at radius 2 is 2.12 bits per heavy atom. The molecule has 4 N–H and O–H groups in total. The number of nitrogens with one attached hydrogen (secondary N) is 1. The first kappa shape index (κ1) is 13.3. The molecule has 5 heteroatoms. The Morgan fingerprint density at radius 1 is 1.44 bits per heavy atom. The van der Waals surface area contributed by atoms with Gasteiger partial charge in [0.05, 0.1) is 6.04 Å². The van der Waals surface area contributed by atoms with Gasteiger partial charge in [-0.3, -0.25) is 0 Å². The Bertz CT molecular complexity index is 225. The van der Waals surface area contributed by atoms with Crippen LogP contribution in [0.1, 0.15) is 33.1 Å². The molecule has 94 valence electrons. The maximum atomic E-state index is 11.0. The van der Waals surface area contributed by atoms with Crippen molar-refractivity contribution in [2.75, 3.05) is 13.1 Å². The van der Waals surface area contributed by atoms with Crippen LogP contribution in [0.15, 0.2) is 0 Å². The van der Waals surface area contributed by atoms with Crippen molar-refractivity contribution in [3.05, 3.63) is 0 Å². The average molecular weight is 229 g/mol. The molecule has 1 rings (SSSR count). The lowest BCUT2D eigenvalue weighted by atomic mass is 9.85. The summed E-state index contributed by atoms with van der Waals surface area (Å²) in [6, 6.07) is -0.0719. The molecule has 0 spiro atoms. The Morgan fingerprint density at radius 3 is 2.69 bits per heavy atom. The summed E-state index contributed by atoms with van der Waals surface area (Å²) in [5.74, 6) is 6.28. The summed E-state index contributed by atoms with van der Waals surface area (Å²) in [5.41, 5.74) is 0. The van der Waals surface area contributed by atoms with Gasteiger partial charge in [0.25, 0.3) is 0 Å². The van der Waals surface area contributed by atoms with Crippen LogP contribution in [0.3, 0.4) is 0 Å². The van der Waals surface area contributed by atoms with Crippen LogP contribution in [0, 0.1) is 11.8 Å². The lowest BCUT2D eigenvalue weighted by molar-refractivity contribution is 0.0795. The number of hydrogen-bond donors (Lipinski definition) is 3. The van der Waals surface area contributed by atoms with Crippen molar-refractivity contribution < 1.29 is 9.90 Å². The smallest absolute Gasteiger partial charge is 0.421 e. The van der Waals surface area contributed by atoms with E-state index in [1.165, 1.54) is 0 Å². The summed E-state index contributed by atoms with van der Waals surface area (Å²) >= 11 is 0. The van der Waals surface area contributed by atoms with Crippen LogP contribution in [-0.4, -0.2) is 35.3 Å². The molecule has 16 heavy (non-hydrogen) atoms. The molecule has 0 aromatic carbocycles. The minimum Gasteiger partial charge on any atom is -0.464 e. The highest BCUT2D eigenvalue weighted by molar-refractivity contribution is 5.64. The van der Waals surface area contributed by atoms with Crippen LogP contribution in [-0.2, 0) is 0 Å². The minimum atomic E-state index is -1.03. The van der Waals surface area contributed by atoms with E-state index in [2.05, 4.69) is 5.32 Å². The first-order valence-corrected chi connectivity index (χ1v) is 6.01. The summed E-state index contributed by atoms with van der Waals surface area (Å²) in [5, 5.41) is 13.3. The quantitative estimate of drug-likeness (QED) is 0.387. The maximum absolute atomic E-state index is 11.0. The van der Waals surface area contributed by atoms with Crippen LogP contribution in [0.25, 0.3) is 0 Å². The van der Waals surface area contributed by atoms with Gasteiger partial charge < -0.3 is 10.4 Å². The van der Waals surface area contributed by atoms with Crippen molar-refractivity contribution in [1.82, 2.24) is 10.3 Å². The van der Waals surface area contributed by atoms with E-state index in [0.29, 0.717) is 5.92 Å². The zero-order chi connectivity index (χ0) is 12.1. The molecular formula is C11H23N3O2. The third kappa shape index (κ3) is 3.35. The highest BCUT2D eigenvalue weighted by Gasteiger charge is 2.31. The molecule has 0 aromatic heterocycles. The van der Waals surface area contributed by atoms with Crippen molar-refractivity contribution in [3.8, 4) is 0 Å². The number of carboxylic acid groups (broad SMARTS) is 1. The predicted molar refractivity (Wildman–Crippen MR) is 62.9 cm³/mol. The second-order valence-corrected chi connectivity index (χ2v) is 4.87. The minimum absolute atomic E-state index is 0.0719. The van der Waals surface area contributed by atoms with E-state index in [-0.39, 0.29) is 12.0 Å². The monoisotopic (exact) mass is 229 g/mol. The van der Waals surface area contributed by atoms with E-state index in [1.54, 1.807) is 0 Å². The number of nitrogens with two attached hydrogens (primary N) is 1. The Hall–Kier alpha value is -0.810. The lowest BCUT2D eigenvalue weighted by Gasteiger charge is -2.34. The SMILES string of the molecule is CC(C)C(C1CCCNCC1)N(N)C(=O)O. The van der Waals surface area contributed by atoms with E-state index < -0.39 is 6.09 Å². The molecule has 5 nitrogen and oxygen atoms in total. The highest BCUT2D eigenvalue weighted by Crippen LogP contribution is 2.26. The van der Waals surface area contributed by atoms with Crippen LogP contribution in [0.4, 0.5) is 4.79 Å². The van der Waals surface area contributed by atoms with E-state index in [1.807, 2.05) is 13.8 Å². The van der Waals surface area contributed by atoms with Gasteiger partial charge in [-0.1, -0.05) is 13.8 Å². The number of hydrogen-bond acceptors (Lipinski definition) is 3. The summed E-state index contributed by atoms with van der Waals surface area (Å²) in [4.78, 5) is 11.0. The van der Waals surface area contributed by atoms with E-state index >= 15 is 0 Å². The first-order valence-electron chi connectivity index (χ1n) is 6.01. The molecule has 1 amide bonds. The standard InChI is InChI=1S/C11H23N3O2/c1-8(2)10(14(12)11(15)16)9-4-3-6-13-7-5-9/h8-10,13H,3-7,12H2,1-2H3,(H,15,16). The molecule has 2 atom stereocenters. The molecule has 0 bridgehead atoms. The van der Waals surface area contributed by atoms with Gasteiger partial charge in [-0.25, -0.2) is 15.6 Å². The predicted octanol–water partition coefficient (Wildman–Crippen LogP) is 1.25. The largest absolute Gasteiger partial charge is 0.464 e. The molecule has 1 heterocycles. The lowest BCUT2D eigenvalue weighted by Crippen LogP contribution is -2.51. The van der Waals surface area contributed by atoms with Crippen molar-refractivity contribution in [2.45, 2.75) is 39.2 Å². The van der Waals surface area contributed by atoms with Crippen LogP contribution < -0.4 is 11.2 Å². The van der Waals surface area contributed by atoms with Crippen LogP contribution in [0.2, 0.25) is 0 Å². The number of amides is 1. The van der Waals surface area contributed by atoms with Crippen LogP contribution in [0.5, 0.6) is 0 Å². The zero-order valence-electron chi connectivity index (χ0n) is 10.1.